The van der Waals surface area contributed by atoms with Crippen LogP contribution in [-0.4, -0.2) is 42.5 Å². The zero-order valence-corrected chi connectivity index (χ0v) is 13.0. The van der Waals surface area contributed by atoms with Gasteiger partial charge in [0.25, 0.3) is 0 Å². The zero-order valence-electron chi connectivity index (χ0n) is 13.0. The molecule has 0 aliphatic carbocycles. The molecule has 1 saturated heterocycles. The van der Waals surface area contributed by atoms with Crippen LogP contribution >= 0.6 is 0 Å². The normalized spacial score (nSPS) is 17.7. The van der Waals surface area contributed by atoms with Crippen LogP contribution in [0.3, 0.4) is 0 Å². The third kappa shape index (κ3) is 4.55. The lowest BCUT2D eigenvalue weighted by Gasteiger charge is -2.25. The summed E-state index contributed by atoms with van der Waals surface area (Å²) in [7, 11) is 0. The smallest absolute Gasteiger partial charge is 0.330 e. The lowest BCUT2D eigenvalue weighted by atomic mass is 10.1. The van der Waals surface area contributed by atoms with Gasteiger partial charge >= 0.3 is 6.18 Å². The van der Waals surface area contributed by atoms with Crippen LogP contribution < -0.4 is 4.90 Å². The van der Waals surface area contributed by atoms with Gasteiger partial charge in [-0.2, -0.15) is 13.2 Å². The van der Waals surface area contributed by atoms with Crippen molar-refractivity contribution >= 4 is 17.5 Å². The van der Waals surface area contributed by atoms with E-state index in [-0.39, 0.29) is 25.2 Å². The average molecular weight is 362 g/mol. The molecule has 25 heavy (non-hydrogen) atoms. The highest BCUT2D eigenvalue weighted by atomic mass is 19.4. The number of hydrogen-bond acceptors (Lipinski definition) is 2. The minimum Gasteiger partial charge on any atom is -0.330 e. The number of carbonyl (C=O) groups is 2. The van der Waals surface area contributed by atoms with Gasteiger partial charge in [-0.15, -0.1) is 6.58 Å². The molecule has 1 aromatic carbocycles. The molecule has 1 aliphatic rings. The van der Waals surface area contributed by atoms with E-state index in [1.807, 2.05) is 0 Å². The lowest BCUT2D eigenvalue weighted by Crippen LogP contribution is -2.43. The molecule has 0 radical (unpaired) electrons. The zero-order chi connectivity index (χ0) is 18.8. The molecule has 2 amide bonds. The molecule has 1 unspecified atom stereocenters. The van der Waals surface area contributed by atoms with Crippen molar-refractivity contribution in [3.05, 3.63) is 42.5 Å². The topological polar surface area (TPSA) is 40.6 Å². The number of hydrogen-bond donors (Lipinski definition) is 0. The van der Waals surface area contributed by atoms with Gasteiger partial charge in [0.05, 0.1) is 11.6 Å². The van der Waals surface area contributed by atoms with Crippen molar-refractivity contribution in [2.75, 3.05) is 24.5 Å². The minimum absolute atomic E-state index is 0.215. The van der Waals surface area contributed by atoms with E-state index in [1.165, 1.54) is 0 Å². The van der Waals surface area contributed by atoms with Gasteiger partial charge in [-0.05, 0) is 12.1 Å². The van der Waals surface area contributed by atoms with Gasteiger partial charge in [0.15, 0.2) is 0 Å². The van der Waals surface area contributed by atoms with E-state index in [1.54, 1.807) is 0 Å². The average Bonchev–Trinajstić information content (AvgIpc) is 2.86. The number of alkyl halides is 3. The van der Waals surface area contributed by atoms with Gasteiger partial charge in [0.2, 0.25) is 11.8 Å². The van der Waals surface area contributed by atoms with E-state index < -0.39 is 42.1 Å². The van der Waals surface area contributed by atoms with Crippen LogP contribution in [0.1, 0.15) is 6.42 Å². The number of amides is 2. The van der Waals surface area contributed by atoms with E-state index in [2.05, 4.69) is 6.58 Å². The molecule has 0 bridgehead atoms. The molecule has 0 saturated carbocycles. The maximum absolute atomic E-state index is 13.8. The maximum Gasteiger partial charge on any atom is 0.406 e. The van der Waals surface area contributed by atoms with Crippen LogP contribution in [0.5, 0.6) is 0 Å². The molecule has 1 atom stereocenters. The second-order valence-corrected chi connectivity index (χ2v) is 5.62. The summed E-state index contributed by atoms with van der Waals surface area (Å²) in [6.45, 7) is 1.25. The molecular formula is C16H15F5N2O2. The van der Waals surface area contributed by atoms with Crippen molar-refractivity contribution in [1.82, 2.24) is 4.90 Å². The second kappa shape index (κ2) is 7.20. The number of carbonyl (C=O) groups excluding carboxylic acids is 2. The van der Waals surface area contributed by atoms with Gasteiger partial charge in [-0.3, -0.25) is 9.59 Å². The Labute approximate surface area is 140 Å². The summed E-state index contributed by atoms with van der Waals surface area (Å²) in [4.78, 5) is 25.9. The third-order valence-corrected chi connectivity index (χ3v) is 3.71. The van der Waals surface area contributed by atoms with E-state index in [0.29, 0.717) is 11.0 Å². The Kier molecular flexibility index (Phi) is 5.44. The predicted octanol–water partition coefficient (Wildman–Crippen LogP) is 2.89. The third-order valence-electron chi connectivity index (χ3n) is 3.71. The second-order valence-electron chi connectivity index (χ2n) is 5.62. The van der Waals surface area contributed by atoms with Crippen LogP contribution in [0.2, 0.25) is 0 Å². The van der Waals surface area contributed by atoms with Gasteiger partial charge < -0.3 is 9.80 Å². The molecule has 4 nitrogen and oxygen atoms in total. The van der Waals surface area contributed by atoms with Crippen molar-refractivity contribution in [3.8, 4) is 0 Å². The van der Waals surface area contributed by atoms with Crippen molar-refractivity contribution in [2.45, 2.75) is 12.6 Å². The van der Waals surface area contributed by atoms with E-state index >= 15 is 0 Å². The summed E-state index contributed by atoms with van der Waals surface area (Å²) < 4.78 is 64.6. The first-order chi connectivity index (χ1) is 11.6. The Balaban J connectivity index is 2.17. The van der Waals surface area contributed by atoms with Crippen molar-refractivity contribution in [1.29, 1.82) is 0 Å². The van der Waals surface area contributed by atoms with Crippen LogP contribution in [0.25, 0.3) is 0 Å². The van der Waals surface area contributed by atoms with Gasteiger partial charge in [-0.25, -0.2) is 8.78 Å². The number of rotatable bonds is 5. The molecule has 1 aromatic rings. The molecule has 2 rings (SSSR count). The van der Waals surface area contributed by atoms with E-state index in [0.717, 1.165) is 23.1 Å². The largest absolute Gasteiger partial charge is 0.406 e. The Morgan fingerprint density at radius 3 is 2.60 bits per heavy atom. The first kappa shape index (κ1) is 18.9. The molecular weight excluding hydrogens is 347 g/mol. The van der Waals surface area contributed by atoms with Crippen LogP contribution in [0.4, 0.5) is 27.6 Å². The Bertz CT molecular complexity index is 690. The highest BCUT2D eigenvalue weighted by Gasteiger charge is 2.40. The summed E-state index contributed by atoms with van der Waals surface area (Å²) in [6, 6.07) is 2.59. The summed E-state index contributed by atoms with van der Waals surface area (Å²) in [5, 5.41) is 0. The maximum atomic E-state index is 13.8. The molecule has 0 aromatic heterocycles. The summed E-state index contributed by atoms with van der Waals surface area (Å²) >= 11 is 0. The molecule has 0 spiro atoms. The first-order valence-corrected chi connectivity index (χ1v) is 7.34. The Morgan fingerprint density at radius 1 is 1.36 bits per heavy atom. The van der Waals surface area contributed by atoms with Crippen molar-refractivity contribution < 1.29 is 31.5 Å². The van der Waals surface area contributed by atoms with E-state index in [9.17, 15) is 31.5 Å². The monoisotopic (exact) mass is 362 g/mol. The molecule has 136 valence electrons. The molecule has 1 aliphatic heterocycles. The minimum atomic E-state index is -4.59. The highest BCUT2D eigenvalue weighted by Crippen LogP contribution is 2.29. The quantitative estimate of drug-likeness (QED) is 0.597. The first-order valence-electron chi connectivity index (χ1n) is 7.34. The molecule has 1 fully saturated rings. The summed E-state index contributed by atoms with van der Waals surface area (Å²) in [5.41, 5.74) is -0.215. The van der Waals surface area contributed by atoms with Crippen LogP contribution in [0, 0.1) is 17.6 Å². The summed E-state index contributed by atoms with van der Waals surface area (Å²) in [5.74, 6) is -4.34. The van der Waals surface area contributed by atoms with Gasteiger partial charge in [-0.1, -0.05) is 6.08 Å². The van der Waals surface area contributed by atoms with Crippen molar-refractivity contribution in [2.24, 2.45) is 5.92 Å². The van der Waals surface area contributed by atoms with Crippen LogP contribution in [-0.2, 0) is 9.59 Å². The summed E-state index contributed by atoms with van der Waals surface area (Å²) in [6.07, 6.45) is -3.79. The Hall–Kier alpha value is -2.45. The number of halogens is 5. The fraction of sp³-hybridized carbons (Fsp3) is 0.375. The fourth-order valence-corrected chi connectivity index (χ4v) is 2.67. The molecule has 0 N–H and O–H groups in total. The highest BCUT2D eigenvalue weighted by molar-refractivity contribution is 6.00. The number of anilines is 1. The van der Waals surface area contributed by atoms with Crippen LogP contribution in [0.15, 0.2) is 30.9 Å². The van der Waals surface area contributed by atoms with Crippen molar-refractivity contribution in [3.63, 3.8) is 0 Å². The molecule has 1 heterocycles. The Morgan fingerprint density at radius 2 is 2.04 bits per heavy atom. The standard InChI is InChI=1S/C16H15F5N2O2/c1-2-5-22(9-16(19,20)21)15(25)10-6-14(24)23(8-10)13-4-3-11(17)7-12(13)18/h2-4,7,10H,1,5-6,8-9H2. The van der Waals surface area contributed by atoms with Gasteiger partial charge in [0.1, 0.15) is 18.2 Å². The predicted molar refractivity (Wildman–Crippen MR) is 79.7 cm³/mol. The number of nitrogens with zero attached hydrogens (tertiary/aromatic N) is 2. The fourth-order valence-electron chi connectivity index (χ4n) is 2.67. The van der Waals surface area contributed by atoms with E-state index in [4.69, 9.17) is 0 Å². The molecule has 9 heteroatoms. The van der Waals surface area contributed by atoms with Gasteiger partial charge in [0, 0.05) is 25.6 Å². The number of benzene rings is 1. The SMILES string of the molecule is C=CCN(CC(F)(F)F)C(=O)C1CC(=O)N(c2ccc(F)cc2F)C1. The lowest BCUT2D eigenvalue weighted by molar-refractivity contribution is -0.162.